The smallest absolute Gasteiger partial charge is 0.127 e. The third-order valence-corrected chi connectivity index (χ3v) is 3.88. The first-order valence-corrected chi connectivity index (χ1v) is 6.56. The molecule has 2 nitrogen and oxygen atoms in total. The molecule has 0 fully saturated rings. The van der Waals surface area contributed by atoms with Gasteiger partial charge in [0.05, 0.1) is 5.92 Å². The fraction of sp³-hybridized carbons (Fsp3) is 0.294. The van der Waals surface area contributed by atoms with Crippen molar-refractivity contribution < 1.29 is 9.84 Å². The van der Waals surface area contributed by atoms with Gasteiger partial charge in [-0.15, -0.1) is 0 Å². The van der Waals surface area contributed by atoms with Gasteiger partial charge in [0.1, 0.15) is 17.1 Å². The molecule has 19 heavy (non-hydrogen) atoms. The van der Waals surface area contributed by atoms with E-state index in [-0.39, 0.29) is 17.3 Å². The van der Waals surface area contributed by atoms with Crippen LogP contribution >= 0.6 is 0 Å². The van der Waals surface area contributed by atoms with Gasteiger partial charge >= 0.3 is 0 Å². The van der Waals surface area contributed by atoms with Gasteiger partial charge in [-0.2, -0.15) is 0 Å². The Morgan fingerprint density at radius 3 is 2.53 bits per heavy atom. The number of benzene rings is 2. The van der Waals surface area contributed by atoms with Crippen molar-refractivity contribution in [2.75, 3.05) is 0 Å². The topological polar surface area (TPSA) is 29.5 Å². The van der Waals surface area contributed by atoms with E-state index in [1.54, 1.807) is 12.1 Å². The molecular weight excluding hydrogens is 236 g/mol. The summed E-state index contributed by atoms with van der Waals surface area (Å²) in [5, 5.41) is 9.60. The van der Waals surface area contributed by atoms with E-state index in [9.17, 15) is 5.11 Å². The summed E-state index contributed by atoms with van der Waals surface area (Å²) < 4.78 is 6.04. The lowest BCUT2D eigenvalue weighted by molar-refractivity contribution is 0.121. The normalized spacial score (nSPS) is 19.8. The maximum atomic E-state index is 9.60. The highest BCUT2D eigenvalue weighted by Gasteiger charge is 2.42. The van der Waals surface area contributed by atoms with Crippen LogP contribution in [0.2, 0.25) is 0 Å². The minimum atomic E-state index is -0.303. The standard InChI is InChI=1S/C17H18O2/c1-11-6-4-5-7-13(11)16-14-9-8-12(18)10-15(14)19-17(16,2)3/h4-10,16,18H,1-3H3. The SMILES string of the molecule is Cc1ccccc1C1c2ccc(O)cc2OC1(C)C. The van der Waals surface area contributed by atoms with E-state index < -0.39 is 0 Å². The number of hydrogen-bond donors (Lipinski definition) is 1. The zero-order valence-corrected chi connectivity index (χ0v) is 11.5. The highest BCUT2D eigenvalue weighted by Crippen LogP contribution is 2.49. The average molecular weight is 254 g/mol. The fourth-order valence-corrected chi connectivity index (χ4v) is 3.02. The van der Waals surface area contributed by atoms with Crippen molar-refractivity contribution in [3.05, 3.63) is 59.2 Å². The predicted molar refractivity (Wildman–Crippen MR) is 75.8 cm³/mol. The molecule has 0 aliphatic carbocycles. The molecule has 2 aromatic carbocycles. The quantitative estimate of drug-likeness (QED) is 0.833. The van der Waals surface area contributed by atoms with Crippen LogP contribution in [0.5, 0.6) is 11.5 Å². The molecule has 1 aliphatic heterocycles. The van der Waals surface area contributed by atoms with Crippen LogP contribution in [0.25, 0.3) is 0 Å². The maximum absolute atomic E-state index is 9.60. The number of phenols is 1. The molecule has 0 spiro atoms. The molecule has 3 rings (SSSR count). The van der Waals surface area contributed by atoms with E-state index in [4.69, 9.17) is 4.74 Å². The van der Waals surface area contributed by atoms with Crippen LogP contribution in [0.4, 0.5) is 0 Å². The zero-order chi connectivity index (χ0) is 13.6. The Morgan fingerprint density at radius 1 is 1.05 bits per heavy atom. The van der Waals surface area contributed by atoms with Gasteiger partial charge in [0.2, 0.25) is 0 Å². The first-order valence-electron chi connectivity index (χ1n) is 6.56. The fourth-order valence-electron chi connectivity index (χ4n) is 3.02. The number of rotatable bonds is 1. The predicted octanol–water partition coefficient (Wildman–Crippen LogP) is 4.00. The van der Waals surface area contributed by atoms with E-state index in [1.807, 2.05) is 6.07 Å². The number of aryl methyl sites for hydroxylation is 1. The molecular formula is C17H18O2. The Balaban J connectivity index is 2.18. The summed E-state index contributed by atoms with van der Waals surface area (Å²) in [6, 6.07) is 13.8. The van der Waals surface area contributed by atoms with Crippen molar-refractivity contribution in [3.63, 3.8) is 0 Å². The van der Waals surface area contributed by atoms with Crippen molar-refractivity contribution in [2.24, 2.45) is 0 Å². The van der Waals surface area contributed by atoms with Crippen LogP contribution in [0.1, 0.15) is 36.5 Å². The molecule has 1 atom stereocenters. The lowest BCUT2D eigenvalue weighted by Crippen LogP contribution is -2.31. The van der Waals surface area contributed by atoms with Crippen LogP contribution in [0, 0.1) is 6.92 Å². The average Bonchev–Trinajstić information content (AvgIpc) is 2.59. The van der Waals surface area contributed by atoms with E-state index in [1.165, 1.54) is 11.1 Å². The van der Waals surface area contributed by atoms with Crippen molar-refractivity contribution in [3.8, 4) is 11.5 Å². The highest BCUT2D eigenvalue weighted by molar-refractivity contribution is 5.52. The van der Waals surface area contributed by atoms with E-state index >= 15 is 0 Å². The number of ether oxygens (including phenoxy) is 1. The Labute approximate surface area is 113 Å². The monoisotopic (exact) mass is 254 g/mol. The Bertz CT molecular complexity index is 629. The molecule has 0 saturated carbocycles. The summed E-state index contributed by atoms with van der Waals surface area (Å²) in [7, 11) is 0. The lowest BCUT2D eigenvalue weighted by atomic mass is 9.79. The second-order valence-corrected chi connectivity index (χ2v) is 5.72. The zero-order valence-electron chi connectivity index (χ0n) is 11.5. The molecule has 0 amide bonds. The van der Waals surface area contributed by atoms with Gasteiger partial charge < -0.3 is 9.84 Å². The summed E-state index contributed by atoms with van der Waals surface area (Å²) >= 11 is 0. The molecule has 0 aromatic heterocycles. The second kappa shape index (κ2) is 4.02. The molecule has 0 radical (unpaired) electrons. The maximum Gasteiger partial charge on any atom is 0.127 e. The van der Waals surface area contributed by atoms with E-state index in [0.29, 0.717) is 0 Å². The molecule has 0 saturated heterocycles. The summed E-state index contributed by atoms with van der Waals surface area (Å²) in [5.74, 6) is 1.24. The third-order valence-electron chi connectivity index (χ3n) is 3.88. The minimum Gasteiger partial charge on any atom is -0.508 e. The molecule has 2 heteroatoms. The van der Waals surface area contributed by atoms with Crippen LogP contribution in [0.3, 0.4) is 0 Å². The van der Waals surface area contributed by atoms with Crippen LogP contribution < -0.4 is 4.74 Å². The molecule has 0 bridgehead atoms. The van der Waals surface area contributed by atoms with Gasteiger partial charge in [-0.05, 0) is 38.0 Å². The molecule has 1 heterocycles. The summed E-state index contributed by atoms with van der Waals surface area (Å²) in [6.45, 7) is 6.33. The van der Waals surface area contributed by atoms with Crippen LogP contribution in [0.15, 0.2) is 42.5 Å². The number of hydrogen-bond acceptors (Lipinski definition) is 2. The summed E-state index contributed by atoms with van der Waals surface area (Å²) in [4.78, 5) is 0. The van der Waals surface area contributed by atoms with Crippen LogP contribution in [-0.4, -0.2) is 10.7 Å². The number of aromatic hydroxyl groups is 1. The number of fused-ring (bicyclic) bond motifs is 1. The Morgan fingerprint density at radius 2 is 1.79 bits per heavy atom. The van der Waals surface area contributed by atoms with Crippen molar-refractivity contribution in [1.82, 2.24) is 0 Å². The molecule has 1 unspecified atom stereocenters. The van der Waals surface area contributed by atoms with Crippen LogP contribution in [-0.2, 0) is 0 Å². The van der Waals surface area contributed by atoms with Gasteiger partial charge in [-0.3, -0.25) is 0 Å². The molecule has 1 aliphatic rings. The van der Waals surface area contributed by atoms with Gasteiger partial charge in [0, 0.05) is 11.6 Å². The Hall–Kier alpha value is -1.96. The molecule has 2 aromatic rings. The first-order chi connectivity index (χ1) is 8.99. The molecule has 1 N–H and O–H groups in total. The lowest BCUT2D eigenvalue weighted by Gasteiger charge is -2.28. The van der Waals surface area contributed by atoms with Gasteiger partial charge in [0.25, 0.3) is 0 Å². The third kappa shape index (κ3) is 1.88. The summed E-state index contributed by atoms with van der Waals surface area (Å²) in [5.41, 5.74) is 3.40. The van der Waals surface area contributed by atoms with E-state index in [2.05, 4.69) is 45.0 Å². The van der Waals surface area contributed by atoms with Gasteiger partial charge in [-0.25, -0.2) is 0 Å². The summed E-state index contributed by atoms with van der Waals surface area (Å²) in [6.07, 6.45) is 0. The molecule has 98 valence electrons. The van der Waals surface area contributed by atoms with Crippen molar-refractivity contribution >= 4 is 0 Å². The highest BCUT2D eigenvalue weighted by atomic mass is 16.5. The largest absolute Gasteiger partial charge is 0.508 e. The van der Waals surface area contributed by atoms with Crippen molar-refractivity contribution in [2.45, 2.75) is 32.3 Å². The second-order valence-electron chi connectivity index (χ2n) is 5.72. The van der Waals surface area contributed by atoms with E-state index in [0.717, 1.165) is 11.3 Å². The van der Waals surface area contributed by atoms with Gasteiger partial charge in [0.15, 0.2) is 0 Å². The van der Waals surface area contributed by atoms with Crippen molar-refractivity contribution in [1.29, 1.82) is 0 Å². The first kappa shape index (κ1) is 12.1. The minimum absolute atomic E-state index is 0.198. The van der Waals surface area contributed by atoms with Gasteiger partial charge in [-0.1, -0.05) is 30.3 Å². The number of phenolic OH excluding ortho intramolecular Hbond substituents is 1. The Kier molecular flexibility index (Phi) is 2.56.